The largest absolute Gasteiger partial charge is 0.496 e. The molecular weight excluding hydrogens is 470 g/mol. The number of unbranched alkanes of at least 4 members (excludes halogenated alkanes) is 1. The lowest BCUT2D eigenvalue weighted by Crippen LogP contribution is -2.45. The van der Waals surface area contributed by atoms with Crippen LogP contribution >= 0.6 is 0 Å². The minimum absolute atomic E-state index is 0.173. The molecule has 1 aromatic carbocycles. The lowest BCUT2D eigenvalue weighted by molar-refractivity contribution is 0.0701. The summed E-state index contributed by atoms with van der Waals surface area (Å²) in [7, 11) is 1.68. The van der Waals surface area contributed by atoms with Crippen LogP contribution in [0, 0.1) is 5.41 Å². The van der Waals surface area contributed by atoms with Gasteiger partial charge in [0.25, 0.3) is 6.01 Å². The maximum atomic E-state index is 10.6. The van der Waals surface area contributed by atoms with Crippen molar-refractivity contribution >= 4 is 17.0 Å². The van der Waals surface area contributed by atoms with Crippen LogP contribution in [0.2, 0.25) is 0 Å². The summed E-state index contributed by atoms with van der Waals surface area (Å²) in [5.41, 5.74) is 9.57. The van der Waals surface area contributed by atoms with E-state index in [0.717, 1.165) is 56.9 Å². The fraction of sp³-hybridized carbons (Fsp3) is 0.593. The van der Waals surface area contributed by atoms with Gasteiger partial charge in [-0.15, -0.1) is 0 Å². The summed E-state index contributed by atoms with van der Waals surface area (Å²) in [5.74, 6) is 0.952. The molecule has 2 fully saturated rings. The number of aromatic hydroxyl groups is 1. The van der Waals surface area contributed by atoms with Gasteiger partial charge in [0.15, 0.2) is 17.0 Å². The zero-order chi connectivity index (χ0) is 25.8. The van der Waals surface area contributed by atoms with E-state index in [-0.39, 0.29) is 17.8 Å². The molecule has 37 heavy (non-hydrogen) atoms. The molecule has 3 aromatic rings. The number of nitrogens with two attached hydrogens (primary N) is 1. The lowest BCUT2D eigenvalue weighted by Gasteiger charge is -2.44. The number of rotatable bonds is 9. The van der Waals surface area contributed by atoms with Gasteiger partial charge in [-0.25, -0.2) is 0 Å². The van der Waals surface area contributed by atoms with E-state index in [4.69, 9.17) is 15.2 Å². The highest BCUT2D eigenvalue weighted by atomic mass is 16.5. The van der Waals surface area contributed by atoms with Crippen molar-refractivity contribution in [3.05, 3.63) is 29.3 Å². The van der Waals surface area contributed by atoms with E-state index in [1.54, 1.807) is 11.7 Å². The Morgan fingerprint density at radius 3 is 2.59 bits per heavy atom. The topological polar surface area (TPSA) is 124 Å². The number of ether oxygens (including phenoxy) is 2. The molecule has 1 spiro atoms. The summed E-state index contributed by atoms with van der Waals surface area (Å²) in [5, 5.41) is 14.1. The molecule has 4 heterocycles. The average Bonchev–Trinajstić information content (AvgIpc) is 3.22. The molecule has 2 aromatic heterocycles. The monoisotopic (exact) mass is 509 g/mol. The molecule has 2 aliphatic heterocycles. The number of anilines is 1. The Bertz CT molecular complexity index is 1210. The number of methoxy groups -OCH3 is 1. The third-order valence-corrected chi connectivity index (χ3v) is 7.98. The Hall–Kier alpha value is -3.11. The van der Waals surface area contributed by atoms with Gasteiger partial charge in [0.05, 0.1) is 20.3 Å². The molecule has 0 radical (unpaired) electrons. The molecule has 10 nitrogen and oxygen atoms in total. The highest BCUT2D eigenvalue weighted by molar-refractivity contribution is 5.83. The van der Waals surface area contributed by atoms with Crippen molar-refractivity contribution < 1.29 is 14.6 Å². The number of nitrogens with zero attached hydrogens (tertiary/aromatic N) is 5. The second kappa shape index (κ2) is 11.1. The van der Waals surface area contributed by atoms with Gasteiger partial charge in [-0.3, -0.25) is 9.47 Å². The Morgan fingerprint density at radius 1 is 1.08 bits per heavy atom. The van der Waals surface area contributed by atoms with Crippen molar-refractivity contribution in [2.45, 2.75) is 58.5 Å². The second-order valence-corrected chi connectivity index (χ2v) is 10.4. The summed E-state index contributed by atoms with van der Waals surface area (Å²) in [6.07, 6.45) is 7.08. The molecule has 4 N–H and O–H groups in total. The highest BCUT2D eigenvalue weighted by Gasteiger charge is 2.35. The number of aromatic nitrogens is 4. The summed E-state index contributed by atoms with van der Waals surface area (Å²) >= 11 is 0. The van der Waals surface area contributed by atoms with Gasteiger partial charge in [0.2, 0.25) is 0 Å². The summed E-state index contributed by atoms with van der Waals surface area (Å²) in [6.45, 7) is 8.43. The first-order valence-electron chi connectivity index (χ1n) is 13.4. The zero-order valence-electron chi connectivity index (χ0n) is 22.0. The van der Waals surface area contributed by atoms with Gasteiger partial charge in [0.1, 0.15) is 5.75 Å². The molecule has 0 amide bonds. The van der Waals surface area contributed by atoms with Gasteiger partial charge in [-0.05, 0) is 75.3 Å². The van der Waals surface area contributed by atoms with Gasteiger partial charge in [-0.1, -0.05) is 25.5 Å². The standard InChI is InChI=1S/C27H39N7O3/c1-3-4-15-37-25-31-23(28)22-24(32-25)34(26(35)30-22)18-20-6-5-19(16-21(20)36-2)17-33-13-9-27(10-14-33)7-11-29-12-8-27/h5-6,16,29H,3-4,7-15,17-18H2,1-2H3,(H,30,35)(H2,28,31,32). The minimum atomic E-state index is -0.173. The van der Waals surface area contributed by atoms with Crippen molar-refractivity contribution in [3.8, 4) is 17.8 Å². The number of benzene rings is 1. The molecule has 0 aliphatic carbocycles. The Kier molecular flexibility index (Phi) is 7.66. The van der Waals surface area contributed by atoms with Crippen molar-refractivity contribution in [2.75, 3.05) is 45.6 Å². The smallest absolute Gasteiger partial charge is 0.320 e. The fourth-order valence-corrected chi connectivity index (χ4v) is 5.60. The predicted octanol–water partition coefficient (Wildman–Crippen LogP) is 3.32. The predicted molar refractivity (Wildman–Crippen MR) is 143 cm³/mol. The van der Waals surface area contributed by atoms with Crippen LogP contribution in [-0.2, 0) is 13.1 Å². The van der Waals surface area contributed by atoms with Crippen LogP contribution in [0.15, 0.2) is 18.2 Å². The van der Waals surface area contributed by atoms with Crippen LogP contribution in [0.25, 0.3) is 11.2 Å². The van der Waals surface area contributed by atoms with E-state index in [2.05, 4.69) is 50.3 Å². The third-order valence-electron chi connectivity index (χ3n) is 7.98. The van der Waals surface area contributed by atoms with Crippen molar-refractivity contribution in [1.82, 2.24) is 29.7 Å². The SMILES string of the molecule is CCCCOc1nc(N)c2nc(O)n(Cc3ccc(CN4CCC5(CCNCC5)CC4)cc3OC)c2n1. The first kappa shape index (κ1) is 25.5. The number of piperidine rings is 2. The van der Waals surface area contributed by atoms with E-state index in [1.807, 2.05) is 0 Å². The first-order valence-corrected chi connectivity index (χ1v) is 13.4. The quantitative estimate of drug-likeness (QED) is 0.373. The number of hydrogen-bond donors (Lipinski definition) is 3. The lowest BCUT2D eigenvalue weighted by atomic mass is 9.71. The maximum Gasteiger partial charge on any atom is 0.320 e. The Labute approximate surface area is 218 Å². The van der Waals surface area contributed by atoms with Crippen LogP contribution in [0.5, 0.6) is 17.8 Å². The number of imidazole rings is 1. The van der Waals surface area contributed by atoms with Crippen molar-refractivity contribution in [1.29, 1.82) is 0 Å². The van der Waals surface area contributed by atoms with Gasteiger partial charge in [-0.2, -0.15) is 15.0 Å². The second-order valence-electron chi connectivity index (χ2n) is 10.4. The van der Waals surface area contributed by atoms with Crippen molar-refractivity contribution in [2.24, 2.45) is 5.41 Å². The van der Waals surface area contributed by atoms with Crippen LogP contribution in [-0.4, -0.2) is 69.4 Å². The van der Waals surface area contributed by atoms with E-state index >= 15 is 0 Å². The molecule has 0 saturated carbocycles. The van der Waals surface area contributed by atoms with Crippen LogP contribution in [0.3, 0.4) is 0 Å². The molecule has 200 valence electrons. The number of hydrogen-bond acceptors (Lipinski definition) is 9. The van der Waals surface area contributed by atoms with Crippen LogP contribution in [0.1, 0.15) is 56.6 Å². The molecular formula is C27H39N7O3. The molecule has 2 saturated heterocycles. The average molecular weight is 510 g/mol. The number of nitrogen functional groups attached to an aromatic ring is 1. The first-order chi connectivity index (χ1) is 18.0. The third kappa shape index (κ3) is 5.60. The number of nitrogens with one attached hydrogen (secondary N) is 1. The van der Waals surface area contributed by atoms with E-state index in [0.29, 0.717) is 29.7 Å². The Balaban J connectivity index is 1.30. The van der Waals surface area contributed by atoms with E-state index < -0.39 is 0 Å². The normalized spacial score (nSPS) is 17.9. The summed E-state index contributed by atoms with van der Waals surface area (Å²) in [6, 6.07) is 6.32. The van der Waals surface area contributed by atoms with Gasteiger partial charge >= 0.3 is 6.01 Å². The number of fused-ring (bicyclic) bond motifs is 1. The molecule has 0 unspecified atom stereocenters. The minimum Gasteiger partial charge on any atom is -0.496 e. The van der Waals surface area contributed by atoms with E-state index in [1.165, 1.54) is 31.2 Å². The van der Waals surface area contributed by atoms with Crippen LogP contribution < -0.4 is 20.5 Å². The van der Waals surface area contributed by atoms with E-state index in [9.17, 15) is 5.11 Å². The van der Waals surface area contributed by atoms with Crippen LogP contribution in [0.4, 0.5) is 5.82 Å². The molecule has 5 rings (SSSR count). The number of likely N-dealkylation sites (tertiary alicyclic amines) is 1. The highest BCUT2D eigenvalue weighted by Crippen LogP contribution is 2.40. The Morgan fingerprint density at radius 2 is 1.86 bits per heavy atom. The summed E-state index contributed by atoms with van der Waals surface area (Å²) in [4.78, 5) is 15.4. The zero-order valence-corrected chi connectivity index (χ0v) is 22.0. The molecule has 2 aliphatic rings. The maximum absolute atomic E-state index is 10.6. The van der Waals surface area contributed by atoms with Gasteiger partial charge < -0.3 is 25.6 Å². The fourth-order valence-electron chi connectivity index (χ4n) is 5.60. The van der Waals surface area contributed by atoms with Crippen molar-refractivity contribution in [3.63, 3.8) is 0 Å². The van der Waals surface area contributed by atoms with Gasteiger partial charge in [0, 0.05) is 12.1 Å². The molecule has 0 atom stereocenters. The molecule has 10 heteroatoms. The summed E-state index contributed by atoms with van der Waals surface area (Å²) < 4.78 is 13.0. The molecule has 0 bridgehead atoms.